The molecule has 0 spiro atoms. The molecule has 19 heavy (non-hydrogen) atoms. The van der Waals surface area contributed by atoms with E-state index in [9.17, 15) is 12.8 Å². The molecule has 0 saturated heterocycles. The smallest absolute Gasteiger partial charge is 0.190 e. The van der Waals surface area contributed by atoms with Crippen LogP contribution in [0, 0.1) is 5.82 Å². The summed E-state index contributed by atoms with van der Waals surface area (Å²) in [6.45, 7) is 2.43. The zero-order valence-electron chi connectivity index (χ0n) is 10.5. The number of hydrogen-bond donors (Lipinski definition) is 0. The highest BCUT2D eigenvalue weighted by Gasteiger charge is 2.15. The van der Waals surface area contributed by atoms with Gasteiger partial charge in [-0.1, -0.05) is 6.07 Å². The van der Waals surface area contributed by atoms with Crippen LogP contribution in [-0.4, -0.2) is 19.2 Å². The van der Waals surface area contributed by atoms with Crippen LogP contribution in [0.5, 0.6) is 0 Å². The molecule has 102 valence electrons. The van der Waals surface area contributed by atoms with E-state index < -0.39 is 9.84 Å². The van der Waals surface area contributed by atoms with Gasteiger partial charge in [0.2, 0.25) is 0 Å². The molecule has 0 amide bonds. The summed E-state index contributed by atoms with van der Waals surface area (Å²) in [5, 5.41) is 0.269. The molecule has 0 saturated carbocycles. The lowest BCUT2D eigenvalue weighted by molar-refractivity contribution is 0.584. The number of aryl methyl sites for hydroxylation is 1. The van der Waals surface area contributed by atoms with Crippen molar-refractivity contribution in [2.45, 2.75) is 18.5 Å². The van der Waals surface area contributed by atoms with E-state index >= 15 is 0 Å². The summed E-state index contributed by atoms with van der Waals surface area (Å²) in [6, 6.07) is 6.22. The molecular formula is C13H13BrFNO2S. The van der Waals surface area contributed by atoms with Gasteiger partial charge in [-0.25, -0.2) is 12.8 Å². The van der Waals surface area contributed by atoms with Crippen molar-refractivity contribution >= 4 is 25.8 Å². The van der Waals surface area contributed by atoms with Crippen LogP contribution in [-0.2, 0) is 16.4 Å². The topological polar surface area (TPSA) is 39.1 Å². The summed E-state index contributed by atoms with van der Waals surface area (Å²) in [6.07, 6.45) is 2.94. The van der Waals surface area contributed by atoms with E-state index in [-0.39, 0.29) is 10.8 Å². The van der Waals surface area contributed by atoms with Gasteiger partial charge in [0.25, 0.3) is 0 Å². The Labute approximate surface area is 120 Å². The Morgan fingerprint density at radius 2 is 1.95 bits per heavy atom. The lowest BCUT2D eigenvalue weighted by Gasteiger charge is -2.02. The molecule has 1 aromatic heterocycles. The maximum Gasteiger partial charge on any atom is 0.190 e. The Bertz CT molecular complexity index is 722. The predicted molar refractivity (Wildman–Crippen MR) is 76.3 cm³/mol. The van der Waals surface area contributed by atoms with E-state index in [1.807, 2.05) is 6.92 Å². The number of nitrogens with zero attached hydrogens (tertiary/aromatic N) is 1. The van der Waals surface area contributed by atoms with Gasteiger partial charge in [-0.2, -0.15) is 0 Å². The van der Waals surface area contributed by atoms with Gasteiger partial charge in [-0.3, -0.25) is 0 Å². The van der Waals surface area contributed by atoms with Crippen LogP contribution in [0.1, 0.15) is 6.92 Å². The predicted octanol–water partition coefficient (Wildman–Crippen LogP) is 3.48. The lowest BCUT2D eigenvalue weighted by Crippen LogP contribution is -2.05. The van der Waals surface area contributed by atoms with Crippen molar-refractivity contribution in [1.82, 2.24) is 4.57 Å². The largest absolute Gasteiger partial charge is 0.338 e. The average molecular weight is 346 g/mol. The second-order valence-electron chi connectivity index (χ2n) is 4.25. The quantitative estimate of drug-likeness (QED) is 0.854. The zero-order chi connectivity index (χ0) is 14.2. The van der Waals surface area contributed by atoms with Crippen molar-refractivity contribution in [2.75, 3.05) is 6.26 Å². The van der Waals surface area contributed by atoms with Crippen molar-refractivity contribution in [3.05, 3.63) is 40.8 Å². The molecule has 0 aliphatic carbocycles. The fraction of sp³-hybridized carbons (Fsp3) is 0.231. The normalized spacial score (nSPS) is 11.8. The highest BCUT2D eigenvalue weighted by molar-refractivity contribution is 9.10. The van der Waals surface area contributed by atoms with Crippen LogP contribution in [0.25, 0.3) is 11.1 Å². The number of halogens is 2. The number of sulfone groups is 1. The molecule has 0 unspecified atom stereocenters. The second kappa shape index (κ2) is 5.09. The van der Waals surface area contributed by atoms with Crippen LogP contribution in [0.2, 0.25) is 0 Å². The third-order valence-electron chi connectivity index (χ3n) is 2.83. The van der Waals surface area contributed by atoms with Gasteiger partial charge in [0, 0.05) is 24.6 Å². The zero-order valence-corrected chi connectivity index (χ0v) is 12.9. The molecule has 0 aliphatic heterocycles. The average Bonchev–Trinajstić information content (AvgIpc) is 2.76. The maximum atomic E-state index is 13.2. The highest BCUT2D eigenvalue weighted by atomic mass is 79.9. The molecule has 0 radical (unpaired) electrons. The number of aromatic nitrogens is 1. The number of benzene rings is 1. The second-order valence-corrected chi connectivity index (χ2v) is 7.07. The molecular weight excluding hydrogens is 333 g/mol. The fourth-order valence-corrected chi connectivity index (χ4v) is 3.21. The molecule has 0 aliphatic rings. The highest BCUT2D eigenvalue weighted by Crippen LogP contribution is 2.28. The van der Waals surface area contributed by atoms with Crippen molar-refractivity contribution < 1.29 is 12.8 Å². The van der Waals surface area contributed by atoms with E-state index in [0.29, 0.717) is 11.0 Å². The first kappa shape index (κ1) is 14.3. The van der Waals surface area contributed by atoms with Crippen molar-refractivity contribution in [1.29, 1.82) is 0 Å². The Morgan fingerprint density at radius 3 is 2.42 bits per heavy atom. The minimum absolute atomic E-state index is 0.269. The lowest BCUT2D eigenvalue weighted by atomic mass is 10.1. The first-order chi connectivity index (χ1) is 8.82. The first-order valence-corrected chi connectivity index (χ1v) is 8.37. The van der Waals surface area contributed by atoms with E-state index in [0.717, 1.165) is 11.1 Å². The van der Waals surface area contributed by atoms with Gasteiger partial charge in [0.05, 0.1) is 4.47 Å². The van der Waals surface area contributed by atoms with Crippen molar-refractivity contribution in [2.24, 2.45) is 0 Å². The third-order valence-corrected chi connectivity index (χ3v) is 4.55. The maximum absolute atomic E-state index is 13.2. The minimum Gasteiger partial charge on any atom is -0.338 e. The Morgan fingerprint density at radius 1 is 1.26 bits per heavy atom. The van der Waals surface area contributed by atoms with Crippen LogP contribution < -0.4 is 0 Å². The van der Waals surface area contributed by atoms with E-state index in [1.54, 1.807) is 29.0 Å². The van der Waals surface area contributed by atoms with Gasteiger partial charge in [-0.05, 0) is 46.6 Å². The third kappa shape index (κ3) is 2.90. The van der Waals surface area contributed by atoms with Gasteiger partial charge >= 0.3 is 0 Å². The van der Waals surface area contributed by atoms with E-state index in [4.69, 9.17) is 0 Å². The molecule has 1 aromatic carbocycles. The molecule has 3 nitrogen and oxygen atoms in total. The molecule has 2 aromatic rings. The van der Waals surface area contributed by atoms with Crippen molar-refractivity contribution in [3.63, 3.8) is 0 Å². The molecule has 0 atom stereocenters. The Kier molecular flexibility index (Phi) is 3.82. The molecule has 0 bridgehead atoms. The molecule has 6 heteroatoms. The van der Waals surface area contributed by atoms with Crippen LogP contribution in [0.3, 0.4) is 0 Å². The number of rotatable bonds is 3. The summed E-state index contributed by atoms with van der Waals surface area (Å²) >= 11 is 3.13. The van der Waals surface area contributed by atoms with E-state index in [1.165, 1.54) is 12.3 Å². The molecule has 0 fully saturated rings. The monoisotopic (exact) mass is 345 g/mol. The minimum atomic E-state index is -3.27. The molecule has 1 heterocycles. The molecule has 2 rings (SSSR count). The van der Waals surface area contributed by atoms with Crippen LogP contribution in [0.4, 0.5) is 4.39 Å². The van der Waals surface area contributed by atoms with Crippen LogP contribution in [0.15, 0.2) is 40.0 Å². The SMILES string of the molecule is CCn1cc(-c2ccc(F)c(Br)c2)cc1S(C)(=O)=O. The Balaban J connectivity index is 2.58. The van der Waals surface area contributed by atoms with Gasteiger partial charge in [0.1, 0.15) is 10.8 Å². The number of hydrogen-bond acceptors (Lipinski definition) is 2. The van der Waals surface area contributed by atoms with Gasteiger partial charge in [0.15, 0.2) is 9.84 Å². The van der Waals surface area contributed by atoms with Gasteiger partial charge < -0.3 is 4.57 Å². The van der Waals surface area contributed by atoms with Crippen molar-refractivity contribution in [3.8, 4) is 11.1 Å². The Hall–Kier alpha value is -1.14. The van der Waals surface area contributed by atoms with Crippen LogP contribution >= 0.6 is 15.9 Å². The van der Waals surface area contributed by atoms with E-state index in [2.05, 4.69) is 15.9 Å². The van der Waals surface area contributed by atoms with Gasteiger partial charge in [-0.15, -0.1) is 0 Å². The summed E-state index contributed by atoms with van der Waals surface area (Å²) < 4.78 is 38.6. The molecule has 0 N–H and O–H groups in total. The summed E-state index contributed by atoms with van der Waals surface area (Å²) in [5.41, 5.74) is 1.52. The summed E-state index contributed by atoms with van der Waals surface area (Å²) in [7, 11) is -3.27. The standard InChI is InChI=1S/C13H13BrFNO2S/c1-3-16-8-10(7-13(16)19(2,17)18)9-4-5-12(15)11(14)6-9/h4-8H,3H2,1-2H3. The summed E-state index contributed by atoms with van der Waals surface area (Å²) in [5.74, 6) is -0.345. The fourth-order valence-electron chi connectivity index (χ4n) is 1.89. The first-order valence-electron chi connectivity index (χ1n) is 5.68. The summed E-state index contributed by atoms with van der Waals surface area (Å²) in [4.78, 5) is 0.